The van der Waals surface area contributed by atoms with Gasteiger partial charge in [0.05, 0.1) is 26.4 Å². The van der Waals surface area contributed by atoms with Crippen LogP contribution < -0.4 is 20.1 Å². The van der Waals surface area contributed by atoms with Gasteiger partial charge < -0.3 is 29.6 Å². The SMILES string of the molecule is CCCOc1ccccc1Oc1ncccc1CN=C(NCC)NCCCOCCOC.I. The van der Waals surface area contributed by atoms with Crippen LogP contribution in [0.4, 0.5) is 0 Å². The Balaban J connectivity index is 0.00000544. The molecule has 0 saturated carbocycles. The van der Waals surface area contributed by atoms with Gasteiger partial charge in [-0.25, -0.2) is 9.98 Å². The van der Waals surface area contributed by atoms with Crippen molar-refractivity contribution in [3.05, 3.63) is 48.2 Å². The molecule has 0 radical (unpaired) electrons. The molecule has 1 heterocycles. The summed E-state index contributed by atoms with van der Waals surface area (Å²) in [5.74, 6) is 2.61. The molecule has 8 nitrogen and oxygen atoms in total. The summed E-state index contributed by atoms with van der Waals surface area (Å²) in [5, 5.41) is 6.59. The molecule has 0 unspecified atom stereocenters. The Hall–Kier alpha value is -2.11. The maximum Gasteiger partial charge on any atom is 0.224 e. The predicted octanol–water partition coefficient (Wildman–Crippen LogP) is 4.39. The van der Waals surface area contributed by atoms with Gasteiger partial charge in [-0.3, -0.25) is 0 Å². The van der Waals surface area contributed by atoms with Crippen molar-refractivity contribution in [2.75, 3.05) is 46.6 Å². The van der Waals surface area contributed by atoms with Crippen LogP contribution >= 0.6 is 24.0 Å². The smallest absolute Gasteiger partial charge is 0.224 e. The number of rotatable bonds is 15. The zero-order valence-electron chi connectivity index (χ0n) is 19.8. The number of pyridine rings is 1. The first-order valence-electron chi connectivity index (χ1n) is 11.2. The molecular weight excluding hydrogens is 535 g/mol. The predicted molar refractivity (Wildman–Crippen MR) is 142 cm³/mol. The number of methoxy groups -OCH3 is 1. The van der Waals surface area contributed by atoms with E-state index in [9.17, 15) is 0 Å². The molecule has 0 saturated heterocycles. The number of ether oxygens (including phenoxy) is 4. The van der Waals surface area contributed by atoms with Crippen molar-refractivity contribution in [3.8, 4) is 17.4 Å². The van der Waals surface area contributed by atoms with Gasteiger partial charge in [0.15, 0.2) is 17.5 Å². The molecule has 0 aliphatic heterocycles. The van der Waals surface area contributed by atoms with Gasteiger partial charge in [-0.05, 0) is 38.0 Å². The monoisotopic (exact) mass is 572 g/mol. The molecule has 2 rings (SSSR count). The van der Waals surface area contributed by atoms with Crippen molar-refractivity contribution >= 4 is 29.9 Å². The van der Waals surface area contributed by atoms with Gasteiger partial charge in [0, 0.05) is 38.6 Å². The Kier molecular flexibility index (Phi) is 16.1. The molecule has 0 atom stereocenters. The van der Waals surface area contributed by atoms with E-state index in [0.29, 0.717) is 50.4 Å². The molecule has 0 aliphatic carbocycles. The number of nitrogens with zero attached hydrogens (tertiary/aromatic N) is 2. The summed E-state index contributed by atoms with van der Waals surface area (Å²) < 4.78 is 22.4. The highest BCUT2D eigenvalue weighted by molar-refractivity contribution is 14.0. The van der Waals surface area contributed by atoms with Crippen LogP contribution in [-0.4, -0.2) is 57.6 Å². The number of hydrogen-bond donors (Lipinski definition) is 2. The fraction of sp³-hybridized carbons (Fsp3) is 0.500. The van der Waals surface area contributed by atoms with Crippen molar-refractivity contribution in [2.45, 2.75) is 33.2 Å². The molecule has 0 bridgehead atoms. The van der Waals surface area contributed by atoms with E-state index < -0.39 is 0 Å². The number of aliphatic imine (C=N–C) groups is 1. The zero-order chi connectivity index (χ0) is 22.9. The van der Waals surface area contributed by atoms with E-state index >= 15 is 0 Å². The minimum Gasteiger partial charge on any atom is -0.490 e. The first-order chi connectivity index (χ1) is 15.8. The van der Waals surface area contributed by atoms with Gasteiger partial charge in [-0.15, -0.1) is 24.0 Å². The van der Waals surface area contributed by atoms with Crippen LogP contribution in [0.15, 0.2) is 47.6 Å². The summed E-state index contributed by atoms with van der Waals surface area (Å²) in [5.41, 5.74) is 0.887. The summed E-state index contributed by atoms with van der Waals surface area (Å²) >= 11 is 0. The number of nitrogens with one attached hydrogen (secondary N) is 2. The lowest BCUT2D eigenvalue weighted by molar-refractivity contribution is 0.0698. The molecule has 184 valence electrons. The Morgan fingerprint density at radius 1 is 0.970 bits per heavy atom. The van der Waals surface area contributed by atoms with E-state index in [-0.39, 0.29) is 24.0 Å². The van der Waals surface area contributed by atoms with E-state index in [1.165, 1.54) is 0 Å². The highest BCUT2D eigenvalue weighted by atomic mass is 127. The van der Waals surface area contributed by atoms with Gasteiger partial charge in [-0.2, -0.15) is 0 Å². The molecule has 1 aromatic heterocycles. The lowest BCUT2D eigenvalue weighted by Crippen LogP contribution is -2.38. The molecule has 1 aromatic carbocycles. The largest absolute Gasteiger partial charge is 0.490 e. The van der Waals surface area contributed by atoms with E-state index in [1.54, 1.807) is 13.3 Å². The number of para-hydroxylation sites is 2. The average Bonchev–Trinajstić information content (AvgIpc) is 2.82. The maximum absolute atomic E-state index is 6.10. The molecule has 2 aromatic rings. The topological polar surface area (TPSA) is 86.2 Å². The number of benzene rings is 1. The van der Waals surface area contributed by atoms with Crippen LogP contribution in [0.5, 0.6) is 17.4 Å². The summed E-state index contributed by atoms with van der Waals surface area (Å²) in [6, 6.07) is 11.5. The standard InChI is InChI=1S/C24H36N4O4.HI/c1-4-15-31-21-11-6-7-12-22(21)32-23-20(10-8-13-26-23)19-28-24(25-5-2)27-14-9-16-30-18-17-29-3;/h6-8,10-13H,4-5,9,14-19H2,1-3H3,(H2,25,27,28);1H. The third kappa shape index (κ3) is 11.5. The second kappa shape index (κ2) is 18.3. The first kappa shape index (κ1) is 28.9. The number of guanidine groups is 1. The van der Waals surface area contributed by atoms with Crippen molar-refractivity contribution < 1.29 is 18.9 Å². The quantitative estimate of drug-likeness (QED) is 0.142. The van der Waals surface area contributed by atoms with Crippen molar-refractivity contribution in [1.82, 2.24) is 15.6 Å². The summed E-state index contributed by atoms with van der Waals surface area (Å²) in [6.07, 6.45) is 3.52. The zero-order valence-corrected chi connectivity index (χ0v) is 22.2. The number of hydrogen-bond acceptors (Lipinski definition) is 6. The van der Waals surface area contributed by atoms with Gasteiger partial charge in [0.1, 0.15) is 0 Å². The summed E-state index contributed by atoms with van der Waals surface area (Å²) in [4.78, 5) is 9.10. The molecule has 9 heteroatoms. The van der Waals surface area contributed by atoms with Crippen LogP contribution in [0.2, 0.25) is 0 Å². The second-order valence-electron chi connectivity index (χ2n) is 6.95. The molecule has 0 fully saturated rings. The third-order valence-electron chi connectivity index (χ3n) is 4.31. The summed E-state index contributed by atoms with van der Waals surface area (Å²) in [6.45, 7) is 8.61. The molecule has 0 amide bonds. The Bertz CT molecular complexity index is 808. The lowest BCUT2D eigenvalue weighted by atomic mass is 10.2. The summed E-state index contributed by atoms with van der Waals surface area (Å²) in [7, 11) is 1.67. The highest BCUT2D eigenvalue weighted by Gasteiger charge is 2.10. The van der Waals surface area contributed by atoms with Crippen LogP contribution in [-0.2, 0) is 16.0 Å². The second-order valence-corrected chi connectivity index (χ2v) is 6.95. The van der Waals surface area contributed by atoms with E-state index in [4.69, 9.17) is 18.9 Å². The molecule has 0 spiro atoms. The Morgan fingerprint density at radius 2 is 1.79 bits per heavy atom. The van der Waals surface area contributed by atoms with Gasteiger partial charge in [0.2, 0.25) is 5.88 Å². The molecule has 0 aliphatic rings. The molecular formula is C24H37IN4O4. The number of aromatic nitrogens is 1. The van der Waals surface area contributed by atoms with Gasteiger partial charge in [-0.1, -0.05) is 25.1 Å². The normalized spacial score (nSPS) is 10.9. The van der Waals surface area contributed by atoms with Crippen molar-refractivity contribution in [2.24, 2.45) is 4.99 Å². The van der Waals surface area contributed by atoms with Gasteiger partial charge in [0.25, 0.3) is 0 Å². The van der Waals surface area contributed by atoms with Crippen LogP contribution in [0.1, 0.15) is 32.3 Å². The van der Waals surface area contributed by atoms with Crippen LogP contribution in [0.3, 0.4) is 0 Å². The fourth-order valence-corrected chi connectivity index (χ4v) is 2.74. The number of halogens is 1. The maximum atomic E-state index is 6.10. The van der Waals surface area contributed by atoms with Crippen LogP contribution in [0.25, 0.3) is 0 Å². The average molecular weight is 572 g/mol. The molecule has 33 heavy (non-hydrogen) atoms. The minimum absolute atomic E-state index is 0. The third-order valence-corrected chi connectivity index (χ3v) is 4.31. The minimum atomic E-state index is 0. The Labute approximate surface area is 214 Å². The van der Waals surface area contributed by atoms with E-state index in [0.717, 1.165) is 37.5 Å². The lowest BCUT2D eigenvalue weighted by Gasteiger charge is -2.14. The van der Waals surface area contributed by atoms with E-state index in [1.807, 2.05) is 43.3 Å². The van der Waals surface area contributed by atoms with Crippen molar-refractivity contribution in [1.29, 1.82) is 0 Å². The van der Waals surface area contributed by atoms with E-state index in [2.05, 4.69) is 27.5 Å². The fourth-order valence-electron chi connectivity index (χ4n) is 2.74. The molecule has 2 N–H and O–H groups in total. The van der Waals surface area contributed by atoms with Crippen molar-refractivity contribution in [3.63, 3.8) is 0 Å². The highest BCUT2D eigenvalue weighted by Crippen LogP contribution is 2.32. The Morgan fingerprint density at radius 3 is 2.55 bits per heavy atom. The first-order valence-corrected chi connectivity index (χ1v) is 11.2. The van der Waals surface area contributed by atoms with Gasteiger partial charge >= 0.3 is 0 Å². The van der Waals surface area contributed by atoms with Crippen LogP contribution in [0, 0.1) is 0 Å².